The molecule has 0 atom stereocenters. The summed E-state index contributed by atoms with van der Waals surface area (Å²) in [6, 6.07) is 5.66. The summed E-state index contributed by atoms with van der Waals surface area (Å²) < 4.78 is 0. The van der Waals surface area contributed by atoms with Crippen LogP contribution in [0.5, 0.6) is 0 Å². The topological polar surface area (TPSA) is 0 Å². The zero-order valence-electron chi connectivity index (χ0n) is 6.40. The predicted octanol–water partition coefficient (Wildman–Crippen LogP) is 3.95. The molecule has 1 rings (SSSR count). The molecule has 0 spiro atoms. The normalized spacial score (nSPS) is 10.1. The maximum atomic E-state index is 5.80. The highest BCUT2D eigenvalue weighted by atomic mass is 35.5. The van der Waals surface area contributed by atoms with E-state index in [1.807, 2.05) is 12.1 Å². The van der Waals surface area contributed by atoms with Gasteiger partial charge in [0.2, 0.25) is 0 Å². The highest BCUT2D eigenvalue weighted by Crippen LogP contribution is 2.19. The molecule has 0 saturated heterocycles. The summed E-state index contributed by atoms with van der Waals surface area (Å²) in [5, 5.41) is 1.45. The van der Waals surface area contributed by atoms with Gasteiger partial charge in [0.15, 0.2) is 0 Å². The zero-order valence-corrected chi connectivity index (χ0v) is 7.91. The Balaban J connectivity index is 2.89. The molecule has 0 aromatic heterocycles. The first-order valence-electron chi connectivity index (χ1n) is 3.67. The van der Waals surface area contributed by atoms with Crippen molar-refractivity contribution in [2.75, 3.05) is 0 Å². The molecule has 0 saturated carbocycles. The Labute approximate surface area is 77.1 Å². The van der Waals surface area contributed by atoms with Crippen LogP contribution in [0.25, 0.3) is 0 Å². The molecule has 0 bridgehead atoms. The van der Waals surface area contributed by atoms with Crippen molar-refractivity contribution < 1.29 is 0 Å². The van der Waals surface area contributed by atoms with E-state index in [1.165, 1.54) is 5.56 Å². The summed E-state index contributed by atoms with van der Waals surface area (Å²) in [5.41, 5.74) is 1.21. The van der Waals surface area contributed by atoms with E-state index in [0.717, 1.165) is 22.9 Å². The molecule has 0 heterocycles. The Bertz CT molecular complexity index is 223. The Hall–Kier alpha value is -0.200. The third kappa shape index (κ3) is 2.72. The van der Waals surface area contributed by atoms with Crippen molar-refractivity contribution in [1.82, 2.24) is 0 Å². The monoisotopic (exact) mass is 188 g/mol. The highest BCUT2D eigenvalue weighted by molar-refractivity contribution is 6.34. The quantitative estimate of drug-likeness (QED) is 0.660. The second kappa shape index (κ2) is 3.99. The third-order valence-corrected chi connectivity index (χ3v) is 1.90. The fraction of sp³-hybridized carbons (Fsp3) is 0.333. The zero-order chi connectivity index (χ0) is 8.27. The van der Waals surface area contributed by atoms with Gasteiger partial charge in [-0.05, 0) is 30.2 Å². The van der Waals surface area contributed by atoms with Gasteiger partial charge >= 0.3 is 0 Å². The SMILES string of the molecule is CCCc1cc(Cl)cc(Cl)c1. The highest BCUT2D eigenvalue weighted by Gasteiger charge is 1.95. The Morgan fingerprint density at radius 3 is 2.09 bits per heavy atom. The average Bonchev–Trinajstić information content (AvgIpc) is 1.85. The van der Waals surface area contributed by atoms with Crippen molar-refractivity contribution in [2.45, 2.75) is 19.8 Å². The van der Waals surface area contributed by atoms with Crippen LogP contribution >= 0.6 is 23.2 Å². The van der Waals surface area contributed by atoms with Crippen LogP contribution in [0.1, 0.15) is 18.9 Å². The van der Waals surface area contributed by atoms with Gasteiger partial charge in [-0.1, -0.05) is 36.5 Å². The smallest absolute Gasteiger partial charge is 0.0423 e. The molecule has 0 aliphatic rings. The van der Waals surface area contributed by atoms with Gasteiger partial charge in [0, 0.05) is 10.0 Å². The van der Waals surface area contributed by atoms with Crippen LogP contribution in [-0.2, 0) is 6.42 Å². The van der Waals surface area contributed by atoms with Crippen LogP contribution in [0.15, 0.2) is 18.2 Å². The van der Waals surface area contributed by atoms with Gasteiger partial charge < -0.3 is 0 Å². The maximum Gasteiger partial charge on any atom is 0.0423 e. The number of hydrogen-bond donors (Lipinski definition) is 0. The average molecular weight is 189 g/mol. The lowest BCUT2D eigenvalue weighted by Crippen LogP contribution is -1.82. The molecule has 0 aliphatic carbocycles. The van der Waals surface area contributed by atoms with Crippen molar-refractivity contribution in [3.05, 3.63) is 33.8 Å². The fourth-order valence-electron chi connectivity index (χ4n) is 1.04. The first-order chi connectivity index (χ1) is 5.22. The van der Waals surface area contributed by atoms with E-state index >= 15 is 0 Å². The molecule has 0 fully saturated rings. The Morgan fingerprint density at radius 1 is 1.09 bits per heavy atom. The molecule has 0 radical (unpaired) electrons. The molecule has 0 N–H and O–H groups in total. The molecule has 60 valence electrons. The van der Waals surface area contributed by atoms with E-state index in [4.69, 9.17) is 23.2 Å². The predicted molar refractivity (Wildman–Crippen MR) is 50.5 cm³/mol. The molecule has 2 heteroatoms. The van der Waals surface area contributed by atoms with E-state index < -0.39 is 0 Å². The fourth-order valence-corrected chi connectivity index (χ4v) is 1.62. The Morgan fingerprint density at radius 2 is 1.64 bits per heavy atom. The number of benzene rings is 1. The minimum atomic E-state index is 0.723. The first kappa shape index (κ1) is 8.89. The van der Waals surface area contributed by atoms with E-state index in [2.05, 4.69) is 6.92 Å². The lowest BCUT2D eigenvalue weighted by Gasteiger charge is -1.99. The van der Waals surface area contributed by atoms with Crippen LogP contribution < -0.4 is 0 Å². The molecule has 11 heavy (non-hydrogen) atoms. The van der Waals surface area contributed by atoms with Crippen molar-refractivity contribution in [1.29, 1.82) is 0 Å². The second-order valence-electron chi connectivity index (χ2n) is 2.53. The molecular weight excluding hydrogens is 179 g/mol. The van der Waals surface area contributed by atoms with Crippen LogP contribution in [0.2, 0.25) is 10.0 Å². The molecule has 1 aromatic carbocycles. The van der Waals surface area contributed by atoms with E-state index in [1.54, 1.807) is 6.07 Å². The summed E-state index contributed by atoms with van der Waals surface area (Å²) in [6.07, 6.45) is 2.16. The standard InChI is InChI=1S/C9H10Cl2/c1-2-3-7-4-8(10)6-9(11)5-7/h4-6H,2-3H2,1H3. The molecule has 1 aromatic rings. The van der Waals surface area contributed by atoms with Crippen LogP contribution in [0.3, 0.4) is 0 Å². The molecule has 0 nitrogen and oxygen atoms in total. The largest absolute Gasteiger partial charge is 0.0843 e. The minimum absolute atomic E-state index is 0.723. The van der Waals surface area contributed by atoms with Gasteiger partial charge in [-0.25, -0.2) is 0 Å². The maximum absolute atomic E-state index is 5.80. The summed E-state index contributed by atoms with van der Waals surface area (Å²) in [7, 11) is 0. The Kier molecular flexibility index (Phi) is 3.22. The summed E-state index contributed by atoms with van der Waals surface area (Å²) >= 11 is 11.6. The van der Waals surface area contributed by atoms with E-state index in [-0.39, 0.29) is 0 Å². The van der Waals surface area contributed by atoms with E-state index in [0.29, 0.717) is 0 Å². The summed E-state index contributed by atoms with van der Waals surface area (Å²) in [4.78, 5) is 0. The van der Waals surface area contributed by atoms with Crippen LogP contribution in [0.4, 0.5) is 0 Å². The molecule has 0 aliphatic heterocycles. The van der Waals surface area contributed by atoms with Crippen LogP contribution in [0, 0.1) is 0 Å². The van der Waals surface area contributed by atoms with Crippen molar-refractivity contribution in [3.63, 3.8) is 0 Å². The summed E-state index contributed by atoms with van der Waals surface area (Å²) in [5.74, 6) is 0. The van der Waals surface area contributed by atoms with Crippen LogP contribution in [-0.4, -0.2) is 0 Å². The van der Waals surface area contributed by atoms with Gasteiger partial charge in [0.1, 0.15) is 0 Å². The lowest BCUT2D eigenvalue weighted by molar-refractivity contribution is 0.922. The number of halogens is 2. The minimum Gasteiger partial charge on any atom is -0.0843 e. The van der Waals surface area contributed by atoms with Gasteiger partial charge in [-0.3, -0.25) is 0 Å². The van der Waals surface area contributed by atoms with Crippen molar-refractivity contribution >= 4 is 23.2 Å². The third-order valence-electron chi connectivity index (χ3n) is 1.46. The molecule has 0 unspecified atom stereocenters. The number of aryl methyl sites for hydroxylation is 1. The summed E-state index contributed by atoms with van der Waals surface area (Å²) in [6.45, 7) is 2.13. The first-order valence-corrected chi connectivity index (χ1v) is 4.43. The van der Waals surface area contributed by atoms with Gasteiger partial charge in [-0.2, -0.15) is 0 Å². The second-order valence-corrected chi connectivity index (χ2v) is 3.40. The molecular formula is C9H10Cl2. The lowest BCUT2D eigenvalue weighted by atomic mass is 10.1. The number of hydrogen-bond acceptors (Lipinski definition) is 0. The van der Waals surface area contributed by atoms with Gasteiger partial charge in [0.05, 0.1) is 0 Å². The molecule has 0 amide bonds. The van der Waals surface area contributed by atoms with Crippen molar-refractivity contribution in [2.24, 2.45) is 0 Å². The number of rotatable bonds is 2. The van der Waals surface area contributed by atoms with Crippen molar-refractivity contribution in [3.8, 4) is 0 Å². The van der Waals surface area contributed by atoms with E-state index in [9.17, 15) is 0 Å². The van der Waals surface area contributed by atoms with Gasteiger partial charge in [-0.15, -0.1) is 0 Å². The van der Waals surface area contributed by atoms with Gasteiger partial charge in [0.25, 0.3) is 0 Å².